The van der Waals surface area contributed by atoms with Crippen LogP contribution in [0.5, 0.6) is 0 Å². The van der Waals surface area contributed by atoms with Crippen molar-refractivity contribution in [2.45, 2.75) is 13.3 Å². The molecule has 0 aliphatic heterocycles. The third-order valence-corrected chi connectivity index (χ3v) is 1.03. The van der Waals surface area contributed by atoms with Gasteiger partial charge in [-0.05, 0) is 19.1 Å². The molecule has 0 fully saturated rings. The molecule has 0 spiro atoms. The molecule has 0 aromatic heterocycles. The number of carbonyl (C=O) groups excluding carboxylic acids is 1. The number of hydrogen-bond donors (Lipinski definition) is 0. The van der Waals surface area contributed by atoms with Crippen LogP contribution in [0.25, 0.3) is 0 Å². The molecule has 10 heavy (non-hydrogen) atoms. The topological polar surface area (TPSA) is 26.3 Å². The monoisotopic (exact) mass is 140 g/mol. The summed E-state index contributed by atoms with van der Waals surface area (Å²) in [5.41, 5.74) is 0. The predicted molar refractivity (Wildman–Crippen MR) is 40.6 cm³/mol. The van der Waals surface area contributed by atoms with E-state index in [1.165, 1.54) is 0 Å². The zero-order valence-electron chi connectivity index (χ0n) is 6.33. The van der Waals surface area contributed by atoms with Crippen LogP contribution in [-0.2, 0) is 9.53 Å². The first-order valence-electron chi connectivity index (χ1n) is 3.15. The predicted octanol–water partition coefficient (Wildman–Crippen LogP) is 1.68. The summed E-state index contributed by atoms with van der Waals surface area (Å²) in [4.78, 5) is 9.85. The van der Waals surface area contributed by atoms with Crippen LogP contribution in [0.3, 0.4) is 0 Å². The van der Waals surface area contributed by atoms with Gasteiger partial charge in [0.05, 0.1) is 7.11 Å². The van der Waals surface area contributed by atoms with E-state index in [9.17, 15) is 4.79 Å². The molecule has 0 saturated carbocycles. The molecular weight excluding hydrogens is 128 g/mol. The molecule has 0 radical (unpaired) electrons. The minimum absolute atomic E-state index is 0.445. The molecule has 0 atom stereocenters. The Balaban J connectivity index is 3.73. The summed E-state index contributed by atoms with van der Waals surface area (Å²) in [6, 6.07) is 0. The molecule has 2 nitrogen and oxygen atoms in total. The molecule has 0 aliphatic carbocycles. The third-order valence-electron chi connectivity index (χ3n) is 1.03. The molecule has 0 aromatic carbocycles. The molecule has 0 aliphatic rings. The lowest BCUT2D eigenvalue weighted by Crippen LogP contribution is -1.79. The van der Waals surface area contributed by atoms with E-state index in [0.29, 0.717) is 6.42 Å². The van der Waals surface area contributed by atoms with E-state index in [4.69, 9.17) is 4.74 Å². The number of aldehydes is 1. The summed E-state index contributed by atoms with van der Waals surface area (Å²) in [5.74, 6) is 0.779. The van der Waals surface area contributed by atoms with Crippen molar-refractivity contribution in [3.05, 3.63) is 24.0 Å². The molecule has 2 heteroatoms. The Hall–Kier alpha value is -1.05. The molecule has 0 N–H and O–H groups in total. The maximum Gasteiger partial charge on any atom is 0.123 e. The molecule has 0 heterocycles. The van der Waals surface area contributed by atoms with Gasteiger partial charge in [0.25, 0.3) is 0 Å². The van der Waals surface area contributed by atoms with Gasteiger partial charge in [0.15, 0.2) is 0 Å². The summed E-state index contributed by atoms with van der Waals surface area (Å²) >= 11 is 0. The number of carbonyl (C=O) groups is 1. The van der Waals surface area contributed by atoms with Crippen LogP contribution in [0.4, 0.5) is 0 Å². The highest BCUT2D eigenvalue weighted by molar-refractivity contribution is 5.52. The number of methoxy groups -OCH3 is 1. The van der Waals surface area contributed by atoms with Crippen LogP contribution in [0.2, 0.25) is 0 Å². The lowest BCUT2D eigenvalue weighted by Gasteiger charge is -1.95. The Morgan fingerprint density at radius 1 is 1.60 bits per heavy atom. The van der Waals surface area contributed by atoms with Gasteiger partial charge >= 0.3 is 0 Å². The van der Waals surface area contributed by atoms with Crippen molar-refractivity contribution in [2.75, 3.05) is 7.11 Å². The van der Waals surface area contributed by atoms with Crippen LogP contribution < -0.4 is 0 Å². The zero-order valence-corrected chi connectivity index (χ0v) is 6.33. The highest BCUT2D eigenvalue weighted by atomic mass is 16.5. The van der Waals surface area contributed by atoms with Crippen molar-refractivity contribution in [1.29, 1.82) is 0 Å². The van der Waals surface area contributed by atoms with Gasteiger partial charge < -0.3 is 9.53 Å². The Bertz CT molecular complexity index is 145. The Morgan fingerprint density at radius 2 is 2.30 bits per heavy atom. The number of ether oxygens (including phenoxy) is 1. The van der Waals surface area contributed by atoms with Crippen LogP contribution in [0, 0.1) is 0 Å². The molecule has 56 valence electrons. The van der Waals surface area contributed by atoms with Crippen molar-refractivity contribution in [2.24, 2.45) is 0 Å². The van der Waals surface area contributed by atoms with Crippen molar-refractivity contribution in [1.82, 2.24) is 0 Å². The van der Waals surface area contributed by atoms with E-state index in [2.05, 4.69) is 0 Å². The molecular formula is C8H12O2. The highest BCUT2D eigenvalue weighted by Gasteiger charge is 1.82. The summed E-state index contributed by atoms with van der Waals surface area (Å²) < 4.78 is 4.90. The van der Waals surface area contributed by atoms with Gasteiger partial charge in [0.2, 0.25) is 0 Å². The van der Waals surface area contributed by atoms with E-state index in [1.807, 2.05) is 13.0 Å². The average Bonchev–Trinajstić information content (AvgIpc) is 1.99. The van der Waals surface area contributed by atoms with Gasteiger partial charge in [0.1, 0.15) is 12.0 Å². The maximum atomic E-state index is 9.85. The summed E-state index contributed by atoms with van der Waals surface area (Å²) in [6.07, 6.45) is 6.65. The first-order chi connectivity index (χ1) is 4.85. The minimum Gasteiger partial charge on any atom is -0.497 e. The summed E-state index contributed by atoms with van der Waals surface area (Å²) in [6.45, 7) is 1.88. The number of allylic oxidation sites excluding steroid dienone is 3. The minimum atomic E-state index is 0.445. The van der Waals surface area contributed by atoms with E-state index in [-0.39, 0.29) is 0 Å². The Labute approximate surface area is 61.2 Å². The van der Waals surface area contributed by atoms with Crippen molar-refractivity contribution in [3.8, 4) is 0 Å². The summed E-state index contributed by atoms with van der Waals surface area (Å²) in [7, 11) is 1.60. The van der Waals surface area contributed by atoms with E-state index in [0.717, 1.165) is 12.0 Å². The van der Waals surface area contributed by atoms with Crippen LogP contribution in [0.1, 0.15) is 13.3 Å². The van der Waals surface area contributed by atoms with E-state index >= 15 is 0 Å². The van der Waals surface area contributed by atoms with Gasteiger partial charge in [-0.15, -0.1) is 0 Å². The van der Waals surface area contributed by atoms with E-state index in [1.54, 1.807) is 19.3 Å². The Kier molecular flexibility index (Phi) is 5.44. The van der Waals surface area contributed by atoms with Gasteiger partial charge in [0, 0.05) is 6.42 Å². The highest BCUT2D eigenvalue weighted by Crippen LogP contribution is 1.96. The van der Waals surface area contributed by atoms with Crippen LogP contribution in [-0.4, -0.2) is 13.4 Å². The van der Waals surface area contributed by atoms with Gasteiger partial charge in [-0.1, -0.05) is 6.08 Å². The lowest BCUT2D eigenvalue weighted by atomic mass is 10.3. The average molecular weight is 140 g/mol. The van der Waals surface area contributed by atoms with E-state index < -0.39 is 0 Å². The molecule has 0 rings (SSSR count). The zero-order chi connectivity index (χ0) is 7.82. The molecule has 0 bridgehead atoms. The van der Waals surface area contributed by atoms with Crippen LogP contribution >= 0.6 is 0 Å². The second-order valence-electron chi connectivity index (χ2n) is 1.70. The molecule has 0 aromatic rings. The second-order valence-corrected chi connectivity index (χ2v) is 1.70. The van der Waals surface area contributed by atoms with Crippen molar-refractivity contribution < 1.29 is 9.53 Å². The van der Waals surface area contributed by atoms with Gasteiger partial charge in [-0.25, -0.2) is 0 Å². The number of rotatable bonds is 4. The van der Waals surface area contributed by atoms with Crippen LogP contribution in [0.15, 0.2) is 24.0 Å². The SMILES string of the molecule is C/C=C(\C=C/CC=O)OC. The van der Waals surface area contributed by atoms with Gasteiger partial charge in [-0.3, -0.25) is 0 Å². The van der Waals surface area contributed by atoms with Crippen molar-refractivity contribution >= 4 is 6.29 Å². The quantitative estimate of drug-likeness (QED) is 0.337. The fraction of sp³-hybridized carbons (Fsp3) is 0.375. The van der Waals surface area contributed by atoms with Crippen molar-refractivity contribution in [3.63, 3.8) is 0 Å². The Morgan fingerprint density at radius 3 is 2.70 bits per heavy atom. The lowest BCUT2D eigenvalue weighted by molar-refractivity contribution is -0.107. The maximum absolute atomic E-state index is 9.85. The third kappa shape index (κ3) is 3.89. The summed E-state index contributed by atoms with van der Waals surface area (Å²) in [5, 5.41) is 0. The first kappa shape index (κ1) is 8.95. The molecule has 0 saturated heterocycles. The molecule has 0 unspecified atom stereocenters. The normalized spacial score (nSPS) is 12.0. The first-order valence-corrected chi connectivity index (χ1v) is 3.15. The number of hydrogen-bond acceptors (Lipinski definition) is 2. The fourth-order valence-corrected chi connectivity index (χ4v) is 0.522. The standard InChI is InChI=1S/C8H12O2/c1-3-8(10-2)6-4-5-7-9/h3-4,6-7H,5H2,1-2H3/b6-4-,8-3+. The smallest absolute Gasteiger partial charge is 0.123 e. The molecule has 0 amide bonds. The van der Waals surface area contributed by atoms with Gasteiger partial charge in [-0.2, -0.15) is 0 Å². The second kappa shape index (κ2) is 6.08. The fourth-order valence-electron chi connectivity index (χ4n) is 0.522. The largest absolute Gasteiger partial charge is 0.497 e.